The normalized spacial score (nSPS) is 16.6. The van der Waals surface area contributed by atoms with Crippen molar-refractivity contribution in [2.24, 2.45) is 11.5 Å². The van der Waals surface area contributed by atoms with Crippen LogP contribution in [0.2, 0.25) is 0 Å². The lowest BCUT2D eigenvalue weighted by Gasteiger charge is -2.19. The average Bonchev–Trinajstić information content (AvgIpc) is 2.86. The lowest BCUT2D eigenvalue weighted by Crippen LogP contribution is -2.32. The van der Waals surface area contributed by atoms with Gasteiger partial charge in [0.1, 0.15) is 0 Å². The van der Waals surface area contributed by atoms with E-state index >= 15 is 0 Å². The predicted octanol–water partition coefficient (Wildman–Crippen LogP) is 1.98. The molecule has 2 aromatic heterocycles. The van der Waals surface area contributed by atoms with E-state index in [1.807, 2.05) is 0 Å². The number of aromatic nitrogens is 3. The molecule has 4 N–H and O–H groups in total. The highest BCUT2D eigenvalue weighted by molar-refractivity contribution is 9.10. The van der Waals surface area contributed by atoms with Crippen LogP contribution in [0.1, 0.15) is 23.3 Å². The molecule has 0 aromatic carbocycles. The Hall–Kier alpha value is -2.06. The minimum absolute atomic E-state index is 0.145. The third-order valence-corrected chi connectivity index (χ3v) is 4.33. The first-order valence-corrected chi connectivity index (χ1v) is 8.51. The van der Waals surface area contributed by atoms with Crippen molar-refractivity contribution in [1.29, 1.82) is 0 Å². The number of nitrogens with zero attached hydrogens (tertiary/aromatic N) is 4. The summed E-state index contributed by atoms with van der Waals surface area (Å²) in [4.78, 5) is 18.7. The van der Waals surface area contributed by atoms with E-state index in [0.717, 1.165) is 10.0 Å². The molecule has 7 nitrogen and oxygen atoms in total. The smallest absolute Gasteiger partial charge is 0.274 e. The van der Waals surface area contributed by atoms with E-state index < -0.39 is 0 Å². The first-order chi connectivity index (χ1) is 11.4. The van der Waals surface area contributed by atoms with Crippen molar-refractivity contribution in [2.75, 3.05) is 13.1 Å². The fourth-order valence-electron chi connectivity index (χ4n) is 2.60. The van der Waals surface area contributed by atoms with Gasteiger partial charge in [-0.1, -0.05) is 11.6 Å². The molecule has 1 aliphatic heterocycles. The van der Waals surface area contributed by atoms with E-state index in [4.69, 9.17) is 23.1 Å². The van der Waals surface area contributed by atoms with E-state index in [1.54, 1.807) is 34.0 Å². The van der Waals surface area contributed by atoms with Crippen molar-refractivity contribution >= 4 is 39.1 Å². The van der Waals surface area contributed by atoms with Crippen LogP contribution in [0.25, 0.3) is 5.65 Å². The standard InChI is InChI=1S/C15H16BrClN6O/c16-10-7-20-14-6-12(21-23(14)8-10)15(24)22-3-1-9(5-13(17)19)11(18)2-4-22/h5-8H,1-4,18-19H2/b13-5-. The second-order valence-corrected chi connectivity index (χ2v) is 6.83. The summed E-state index contributed by atoms with van der Waals surface area (Å²) < 4.78 is 2.36. The van der Waals surface area contributed by atoms with Crippen molar-refractivity contribution in [1.82, 2.24) is 19.5 Å². The summed E-state index contributed by atoms with van der Waals surface area (Å²) in [6.45, 7) is 1.05. The molecule has 0 bridgehead atoms. The molecule has 0 saturated heterocycles. The van der Waals surface area contributed by atoms with Crippen molar-refractivity contribution < 1.29 is 4.79 Å². The second-order valence-electron chi connectivity index (χ2n) is 5.48. The molecular formula is C15H16BrClN6O. The van der Waals surface area contributed by atoms with E-state index in [-0.39, 0.29) is 11.1 Å². The fourth-order valence-corrected chi connectivity index (χ4v) is 3.03. The molecule has 3 rings (SSSR count). The summed E-state index contributed by atoms with van der Waals surface area (Å²) in [5.41, 5.74) is 14.1. The Morgan fingerprint density at radius 3 is 2.88 bits per heavy atom. The molecule has 0 unspecified atom stereocenters. The van der Waals surface area contributed by atoms with Gasteiger partial charge in [0, 0.05) is 43.7 Å². The molecule has 1 amide bonds. The van der Waals surface area contributed by atoms with E-state index in [9.17, 15) is 4.79 Å². The molecular weight excluding hydrogens is 396 g/mol. The highest BCUT2D eigenvalue weighted by Crippen LogP contribution is 2.19. The summed E-state index contributed by atoms with van der Waals surface area (Å²) in [6, 6.07) is 1.67. The summed E-state index contributed by atoms with van der Waals surface area (Å²) in [7, 11) is 0. The van der Waals surface area contributed by atoms with Gasteiger partial charge in [-0.2, -0.15) is 5.10 Å². The van der Waals surface area contributed by atoms with Crippen molar-refractivity contribution in [2.45, 2.75) is 12.8 Å². The van der Waals surface area contributed by atoms with Gasteiger partial charge < -0.3 is 16.4 Å². The molecule has 126 valence electrons. The van der Waals surface area contributed by atoms with Gasteiger partial charge in [0.2, 0.25) is 0 Å². The van der Waals surface area contributed by atoms with Crippen LogP contribution in [0.15, 0.2) is 45.4 Å². The summed E-state index contributed by atoms with van der Waals surface area (Å²) in [6.07, 6.45) is 6.24. The maximum atomic E-state index is 12.7. The number of fused-ring (bicyclic) bond motifs is 1. The van der Waals surface area contributed by atoms with Gasteiger partial charge in [0.15, 0.2) is 11.3 Å². The molecule has 3 heterocycles. The maximum Gasteiger partial charge on any atom is 0.274 e. The monoisotopic (exact) mass is 410 g/mol. The van der Waals surface area contributed by atoms with E-state index in [1.165, 1.54) is 0 Å². The van der Waals surface area contributed by atoms with Crippen LogP contribution in [0.3, 0.4) is 0 Å². The Morgan fingerprint density at radius 1 is 1.38 bits per heavy atom. The number of nitrogens with two attached hydrogens (primary N) is 2. The van der Waals surface area contributed by atoms with Crippen LogP contribution in [0.5, 0.6) is 0 Å². The van der Waals surface area contributed by atoms with Crippen molar-refractivity contribution in [3.05, 3.63) is 51.1 Å². The van der Waals surface area contributed by atoms with Gasteiger partial charge in [-0.25, -0.2) is 9.50 Å². The molecule has 1 aliphatic rings. The highest BCUT2D eigenvalue weighted by Gasteiger charge is 2.22. The molecule has 0 atom stereocenters. The average molecular weight is 412 g/mol. The largest absolute Gasteiger partial charge is 0.402 e. The molecule has 9 heteroatoms. The highest BCUT2D eigenvalue weighted by atomic mass is 79.9. The van der Waals surface area contributed by atoms with Gasteiger partial charge in [-0.3, -0.25) is 4.79 Å². The number of carbonyl (C=O) groups is 1. The minimum Gasteiger partial charge on any atom is -0.402 e. The molecule has 0 aliphatic carbocycles. The van der Waals surface area contributed by atoms with Crippen LogP contribution in [0, 0.1) is 0 Å². The lowest BCUT2D eigenvalue weighted by molar-refractivity contribution is 0.0756. The third-order valence-electron chi connectivity index (χ3n) is 3.81. The maximum absolute atomic E-state index is 12.7. The number of amides is 1. The summed E-state index contributed by atoms with van der Waals surface area (Å²) >= 11 is 9.06. The molecule has 0 fully saturated rings. The van der Waals surface area contributed by atoms with E-state index in [2.05, 4.69) is 26.0 Å². The quantitative estimate of drug-likeness (QED) is 0.736. The number of allylic oxidation sites excluding steroid dienone is 1. The number of hydrogen-bond acceptors (Lipinski definition) is 5. The molecule has 24 heavy (non-hydrogen) atoms. The van der Waals surface area contributed by atoms with Crippen LogP contribution >= 0.6 is 27.5 Å². The zero-order chi connectivity index (χ0) is 17.3. The van der Waals surface area contributed by atoms with Gasteiger partial charge >= 0.3 is 0 Å². The first kappa shape index (κ1) is 16.8. The van der Waals surface area contributed by atoms with Crippen LogP contribution in [0.4, 0.5) is 0 Å². The van der Waals surface area contributed by atoms with Crippen LogP contribution in [-0.4, -0.2) is 38.5 Å². The number of halogens is 2. The Morgan fingerprint density at radius 2 is 2.12 bits per heavy atom. The molecule has 0 radical (unpaired) electrons. The SMILES string of the molecule is NC1=C(/C=C(\N)Cl)CCN(C(=O)c2cc3ncc(Br)cn3n2)CC1. The Bertz CT molecular complexity index is 855. The number of carbonyl (C=O) groups excluding carboxylic acids is 1. The van der Waals surface area contributed by atoms with Gasteiger partial charge in [-0.15, -0.1) is 0 Å². The number of rotatable bonds is 2. The zero-order valence-electron chi connectivity index (χ0n) is 12.7. The van der Waals surface area contributed by atoms with Crippen molar-refractivity contribution in [3.63, 3.8) is 0 Å². The Balaban J connectivity index is 1.79. The molecule has 0 saturated carbocycles. The van der Waals surface area contributed by atoms with Gasteiger partial charge in [0.05, 0.1) is 9.63 Å². The number of hydrogen-bond donors (Lipinski definition) is 2. The second kappa shape index (κ2) is 6.82. The summed E-state index contributed by atoms with van der Waals surface area (Å²) in [5.74, 6) is -0.145. The van der Waals surface area contributed by atoms with Gasteiger partial charge in [-0.05, 0) is 34.0 Å². The van der Waals surface area contributed by atoms with Gasteiger partial charge in [0.25, 0.3) is 5.91 Å². The fraction of sp³-hybridized carbons (Fsp3) is 0.267. The topological polar surface area (TPSA) is 103 Å². The summed E-state index contributed by atoms with van der Waals surface area (Å²) in [5, 5.41) is 4.49. The lowest BCUT2D eigenvalue weighted by atomic mass is 10.1. The van der Waals surface area contributed by atoms with Crippen LogP contribution < -0.4 is 11.5 Å². The first-order valence-electron chi connectivity index (χ1n) is 7.34. The molecule has 0 spiro atoms. The third kappa shape index (κ3) is 3.54. The molecule has 2 aromatic rings. The Kier molecular flexibility index (Phi) is 4.77. The zero-order valence-corrected chi connectivity index (χ0v) is 15.1. The van der Waals surface area contributed by atoms with Crippen molar-refractivity contribution in [3.8, 4) is 0 Å². The predicted molar refractivity (Wildman–Crippen MR) is 95.2 cm³/mol. The van der Waals surface area contributed by atoms with Crippen LogP contribution in [-0.2, 0) is 0 Å². The Labute approximate surface area is 152 Å². The minimum atomic E-state index is -0.145. The van der Waals surface area contributed by atoms with E-state index in [0.29, 0.717) is 43.0 Å².